The second-order valence-corrected chi connectivity index (χ2v) is 5.93. The van der Waals surface area contributed by atoms with Crippen LogP contribution in [0.5, 0.6) is 5.75 Å². The summed E-state index contributed by atoms with van der Waals surface area (Å²) < 4.78 is 5.74. The molecule has 2 amide bonds. The number of amides is 2. The number of halogens is 1. The molecular weight excluding hydrogens is 318 g/mol. The Morgan fingerprint density at radius 2 is 1.78 bits per heavy atom. The molecule has 0 saturated heterocycles. The average Bonchev–Trinajstić information content (AvgIpc) is 2.48. The van der Waals surface area contributed by atoms with E-state index in [0.29, 0.717) is 13.2 Å². The van der Waals surface area contributed by atoms with Gasteiger partial charge in [-0.1, -0.05) is 39.0 Å². The molecule has 0 fully saturated rings. The Hall–Kier alpha value is -1.79. The van der Waals surface area contributed by atoms with Crippen molar-refractivity contribution in [2.24, 2.45) is 5.73 Å². The molecule has 6 nitrogen and oxygen atoms in total. The first kappa shape index (κ1) is 21.2. The van der Waals surface area contributed by atoms with E-state index in [9.17, 15) is 9.59 Å². The Morgan fingerprint density at radius 1 is 1.13 bits per heavy atom. The third-order valence-electron chi connectivity index (χ3n) is 3.01. The fourth-order valence-electron chi connectivity index (χ4n) is 1.88. The highest BCUT2D eigenvalue weighted by atomic mass is 35.5. The maximum atomic E-state index is 11.5. The molecule has 4 N–H and O–H groups in total. The molecular formula is C16H26ClN3O3. The SMILES string of the molecule is CC(C)(C)c1ccccc1OCCNC(=O)CNC(=O)CN.Cl. The van der Waals surface area contributed by atoms with Crippen LogP contribution in [0.1, 0.15) is 26.3 Å². The molecule has 0 aliphatic rings. The smallest absolute Gasteiger partial charge is 0.239 e. The van der Waals surface area contributed by atoms with Crippen LogP contribution < -0.4 is 21.1 Å². The zero-order valence-electron chi connectivity index (χ0n) is 13.8. The van der Waals surface area contributed by atoms with Crippen LogP contribution in [0.25, 0.3) is 0 Å². The van der Waals surface area contributed by atoms with Crippen LogP contribution in [-0.2, 0) is 15.0 Å². The lowest BCUT2D eigenvalue weighted by atomic mass is 9.86. The standard InChI is InChI=1S/C16H25N3O3.ClH/c1-16(2,3)12-6-4-5-7-13(12)22-9-8-18-15(21)11-19-14(20)10-17;/h4-7H,8-11,17H2,1-3H3,(H,18,21)(H,19,20);1H. The number of hydrogen-bond donors (Lipinski definition) is 3. The number of carbonyl (C=O) groups excluding carboxylic acids is 2. The van der Waals surface area contributed by atoms with Crippen molar-refractivity contribution < 1.29 is 14.3 Å². The predicted octanol–water partition coefficient (Wildman–Crippen LogP) is 0.976. The van der Waals surface area contributed by atoms with E-state index in [1.165, 1.54) is 0 Å². The van der Waals surface area contributed by atoms with E-state index in [0.717, 1.165) is 11.3 Å². The molecule has 23 heavy (non-hydrogen) atoms. The van der Waals surface area contributed by atoms with Gasteiger partial charge in [-0.3, -0.25) is 9.59 Å². The highest BCUT2D eigenvalue weighted by Crippen LogP contribution is 2.30. The molecule has 0 unspecified atom stereocenters. The van der Waals surface area contributed by atoms with E-state index >= 15 is 0 Å². The van der Waals surface area contributed by atoms with Gasteiger partial charge in [0.1, 0.15) is 12.4 Å². The Bertz CT molecular complexity index is 516. The molecule has 0 heterocycles. The molecule has 1 rings (SSSR count). The molecule has 1 aromatic carbocycles. The summed E-state index contributed by atoms with van der Waals surface area (Å²) in [5, 5.41) is 5.07. The van der Waals surface area contributed by atoms with Crippen LogP contribution in [0.2, 0.25) is 0 Å². The number of ether oxygens (including phenoxy) is 1. The van der Waals surface area contributed by atoms with E-state index in [2.05, 4.69) is 31.4 Å². The summed E-state index contributed by atoms with van der Waals surface area (Å²) in [6, 6.07) is 7.86. The molecule has 0 saturated carbocycles. The second kappa shape index (κ2) is 10.1. The van der Waals surface area contributed by atoms with Gasteiger partial charge in [0.2, 0.25) is 11.8 Å². The van der Waals surface area contributed by atoms with Crippen LogP contribution in [0, 0.1) is 0 Å². The Kier molecular flexibility index (Phi) is 9.29. The van der Waals surface area contributed by atoms with Crippen LogP contribution >= 0.6 is 12.4 Å². The van der Waals surface area contributed by atoms with Gasteiger partial charge in [0, 0.05) is 0 Å². The lowest BCUT2D eigenvalue weighted by Crippen LogP contribution is -2.40. The van der Waals surface area contributed by atoms with Crippen molar-refractivity contribution in [2.45, 2.75) is 26.2 Å². The molecule has 0 spiro atoms. The number of nitrogens with two attached hydrogens (primary N) is 1. The Balaban J connectivity index is 0.00000484. The van der Waals surface area contributed by atoms with Gasteiger partial charge in [-0.25, -0.2) is 0 Å². The fourth-order valence-corrected chi connectivity index (χ4v) is 1.88. The zero-order chi connectivity index (χ0) is 16.6. The minimum Gasteiger partial charge on any atom is -0.491 e. The van der Waals surface area contributed by atoms with Gasteiger partial charge in [0.05, 0.1) is 19.6 Å². The molecule has 0 radical (unpaired) electrons. The van der Waals surface area contributed by atoms with E-state index in [1.54, 1.807) is 0 Å². The number of carbonyl (C=O) groups is 2. The lowest BCUT2D eigenvalue weighted by Gasteiger charge is -2.22. The van der Waals surface area contributed by atoms with Gasteiger partial charge in [-0.05, 0) is 17.0 Å². The first-order chi connectivity index (χ1) is 10.3. The van der Waals surface area contributed by atoms with Gasteiger partial charge in [-0.15, -0.1) is 12.4 Å². The number of hydrogen-bond acceptors (Lipinski definition) is 4. The van der Waals surface area contributed by atoms with Gasteiger partial charge in [-0.2, -0.15) is 0 Å². The van der Waals surface area contributed by atoms with Crippen molar-refractivity contribution in [1.82, 2.24) is 10.6 Å². The van der Waals surface area contributed by atoms with E-state index < -0.39 is 0 Å². The summed E-state index contributed by atoms with van der Waals surface area (Å²) >= 11 is 0. The molecule has 130 valence electrons. The Morgan fingerprint density at radius 3 is 2.39 bits per heavy atom. The van der Waals surface area contributed by atoms with Gasteiger partial charge in [0.25, 0.3) is 0 Å². The molecule has 0 aliphatic carbocycles. The minimum absolute atomic E-state index is 0. The predicted molar refractivity (Wildman–Crippen MR) is 93.0 cm³/mol. The van der Waals surface area contributed by atoms with Crippen LogP contribution in [0.4, 0.5) is 0 Å². The maximum Gasteiger partial charge on any atom is 0.239 e. The average molecular weight is 344 g/mol. The van der Waals surface area contributed by atoms with Gasteiger partial charge >= 0.3 is 0 Å². The third-order valence-corrected chi connectivity index (χ3v) is 3.01. The fraction of sp³-hybridized carbons (Fsp3) is 0.500. The summed E-state index contributed by atoms with van der Waals surface area (Å²) in [5.41, 5.74) is 6.24. The molecule has 0 aromatic heterocycles. The lowest BCUT2D eigenvalue weighted by molar-refractivity contribution is -0.125. The topological polar surface area (TPSA) is 93.5 Å². The summed E-state index contributed by atoms with van der Waals surface area (Å²) in [5.74, 6) is 0.195. The van der Waals surface area contributed by atoms with Crippen LogP contribution in [-0.4, -0.2) is 38.1 Å². The third kappa shape index (κ3) is 7.85. The zero-order valence-corrected chi connectivity index (χ0v) is 14.7. The second-order valence-electron chi connectivity index (χ2n) is 5.93. The van der Waals surface area contributed by atoms with Crippen molar-refractivity contribution in [2.75, 3.05) is 26.2 Å². The molecule has 0 aliphatic heterocycles. The first-order valence-corrected chi connectivity index (χ1v) is 7.30. The quantitative estimate of drug-likeness (QED) is 0.643. The highest BCUT2D eigenvalue weighted by Gasteiger charge is 2.18. The highest BCUT2D eigenvalue weighted by molar-refractivity contribution is 5.85. The van der Waals surface area contributed by atoms with E-state index in [-0.39, 0.29) is 42.7 Å². The van der Waals surface area contributed by atoms with E-state index in [1.807, 2.05) is 24.3 Å². The largest absolute Gasteiger partial charge is 0.491 e. The van der Waals surface area contributed by atoms with Crippen molar-refractivity contribution >= 4 is 24.2 Å². The summed E-state index contributed by atoms with van der Waals surface area (Å²) in [4.78, 5) is 22.4. The number of rotatable bonds is 7. The van der Waals surface area contributed by atoms with E-state index in [4.69, 9.17) is 10.5 Å². The minimum atomic E-state index is -0.356. The Labute approximate surface area is 143 Å². The molecule has 0 atom stereocenters. The number of nitrogens with one attached hydrogen (secondary N) is 2. The monoisotopic (exact) mass is 343 g/mol. The molecule has 0 bridgehead atoms. The van der Waals surface area contributed by atoms with Crippen LogP contribution in [0.15, 0.2) is 24.3 Å². The summed E-state index contributed by atoms with van der Waals surface area (Å²) in [6.07, 6.45) is 0. The molecule has 7 heteroatoms. The number of para-hydroxylation sites is 1. The van der Waals surface area contributed by atoms with Crippen molar-refractivity contribution in [3.05, 3.63) is 29.8 Å². The van der Waals surface area contributed by atoms with Gasteiger partial charge < -0.3 is 21.1 Å². The maximum absolute atomic E-state index is 11.5. The number of benzene rings is 1. The van der Waals surface area contributed by atoms with Crippen molar-refractivity contribution in [3.63, 3.8) is 0 Å². The van der Waals surface area contributed by atoms with Crippen LogP contribution in [0.3, 0.4) is 0 Å². The normalized spacial score (nSPS) is 10.4. The summed E-state index contributed by atoms with van der Waals surface area (Å²) in [7, 11) is 0. The van der Waals surface area contributed by atoms with Crippen molar-refractivity contribution in [3.8, 4) is 5.75 Å². The summed E-state index contributed by atoms with van der Waals surface area (Å²) in [6.45, 7) is 6.90. The van der Waals surface area contributed by atoms with Gasteiger partial charge in [0.15, 0.2) is 0 Å². The molecule has 1 aromatic rings. The first-order valence-electron chi connectivity index (χ1n) is 7.30. The van der Waals surface area contributed by atoms with Crippen molar-refractivity contribution in [1.29, 1.82) is 0 Å².